The van der Waals surface area contributed by atoms with E-state index in [4.69, 9.17) is 10.0 Å². The quantitative estimate of drug-likeness (QED) is 0.389. The van der Waals surface area contributed by atoms with E-state index in [1.54, 1.807) is 0 Å². The molecule has 0 spiro atoms. The number of nitrogens with zero attached hydrogens (tertiary/aromatic N) is 1. The first-order valence-corrected chi connectivity index (χ1v) is 3.37. The lowest BCUT2D eigenvalue weighted by atomic mass is 10.2. The molecule has 1 aromatic rings. The first-order chi connectivity index (χ1) is 6.09. The summed E-state index contributed by atoms with van der Waals surface area (Å²) in [5.74, 6) is 0.153. The molecule has 68 valence electrons. The smallest absolute Gasteiger partial charge is 0.512 e. The predicted octanol–water partition coefficient (Wildman–Crippen LogP) is -0.0569. The summed E-state index contributed by atoms with van der Waals surface area (Å²) in [6, 6.07) is 4.96. The Labute approximate surface area is 73.7 Å². The molecule has 6 nitrogen and oxygen atoms in total. The van der Waals surface area contributed by atoms with Crippen LogP contribution in [0.15, 0.2) is 24.3 Å². The number of non-ortho nitro benzene ring substituents is 1. The van der Waals surface area contributed by atoms with Crippen LogP contribution in [0.25, 0.3) is 0 Å². The fraction of sp³-hybridized carbons (Fsp3) is 0. The van der Waals surface area contributed by atoms with Gasteiger partial charge in [-0.2, -0.15) is 0 Å². The fourth-order valence-corrected chi connectivity index (χ4v) is 0.768. The third-order valence-corrected chi connectivity index (χ3v) is 1.29. The molecule has 2 N–H and O–H groups in total. The fourth-order valence-electron chi connectivity index (χ4n) is 0.768. The second-order valence-corrected chi connectivity index (χ2v) is 2.20. The highest BCUT2D eigenvalue weighted by Gasteiger charge is 2.12. The Kier molecular flexibility index (Phi) is 2.83. The molecule has 0 aromatic heterocycles. The predicted molar refractivity (Wildman–Crippen MR) is 43.9 cm³/mol. The van der Waals surface area contributed by atoms with Gasteiger partial charge in [-0.05, 0) is 12.1 Å². The lowest BCUT2D eigenvalue weighted by molar-refractivity contribution is -0.384. The highest BCUT2D eigenvalue weighted by molar-refractivity contribution is 6.33. The SMILES string of the molecule is O=[N+]([O-])c1ccc(OB(O)O)cc1. The van der Waals surface area contributed by atoms with Crippen molar-refractivity contribution in [1.29, 1.82) is 0 Å². The molecule has 0 amide bonds. The molecule has 0 aliphatic rings. The first kappa shape index (κ1) is 9.49. The van der Waals surface area contributed by atoms with Gasteiger partial charge in [0.15, 0.2) is 0 Å². The lowest BCUT2D eigenvalue weighted by Crippen LogP contribution is -2.20. The van der Waals surface area contributed by atoms with Crippen LogP contribution in [0, 0.1) is 10.1 Å². The van der Waals surface area contributed by atoms with Crippen LogP contribution in [-0.2, 0) is 0 Å². The minimum absolute atomic E-state index is 0.0835. The molecule has 0 saturated carbocycles. The molecular weight excluding hydrogens is 177 g/mol. The molecule has 0 fully saturated rings. The topological polar surface area (TPSA) is 92.8 Å². The van der Waals surface area contributed by atoms with E-state index in [0.29, 0.717) is 0 Å². The monoisotopic (exact) mass is 183 g/mol. The van der Waals surface area contributed by atoms with E-state index in [9.17, 15) is 10.1 Å². The zero-order valence-corrected chi connectivity index (χ0v) is 6.45. The number of nitro benzene ring substituents is 1. The van der Waals surface area contributed by atoms with Crippen LogP contribution < -0.4 is 4.65 Å². The van der Waals surface area contributed by atoms with Crippen LogP contribution in [0.4, 0.5) is 5.69 Å². The van der Waals surface area contributed by atoms with Crippen molar-refractivity contribution in [2.45, 2.75) is 0 Å². The van der Waals surface area contributed by atoms with Gasteiger partial charge in [0, 0.05) is 12.1 Å². The maximum Gasteiger partial charge on any atom is 0.707 e. The van der Waals surface area contributed by atoms with E-state index in [0.717, 1.165) is 0 Å². The van der Waals surface area contributed by atoms with Crippen molar-refractivity contribution in [1.82, 2.24) is 0 Å². The third kappa shape index (κ3) is 2.73. The van der Waals surface area contributed by atoms with Gasteiger partial charge in [0.25, 0.3) is 5.69 Å². The summed E-state index contributed by atoms with van der Waals surface area (Å²) in [7, 11) is -1.92. The van der Waals surface area contributed by atoms with Crippen molar-refractivity contribution < 1.29 is 19.6 Å². The lowest BCUT2D eigenvalue weighted by Gasteiger charge is -2.02. The van der Waals surface area contributed by atoms with E-state index in [1.165, 1.54) is 24.3 Å². The average molecular weight is 183 g/mol. The summed E-state index contributed by atoms with van der Waals surface area (Å²) < 4.78 is 4.44. The number of hydrogen-bond acceptors (Lipinski definition) is 5. The molecule has 0 radical (unpaired) electrons. The molecule has 0 saturated heterocycles. The van der Waals surface area contributed by atoms with Crippen molar-refractivity contribution in [3.63, 3.8) is 0 Å². The number of hydrogen-bond donors (Lipinski definition) is 2. The summed E-state index contributed by atoms with van der Waals surface area (Å²) in [5, 5.41) is 27.0. The molecule has 0 bridgehead atoms. The largest absolute Gasteiger partial charge is 0.707 e. The molecule has 13 heavy (non-hydrogen) atoms. The molecule has 0 unspecified atom stereocenters. The van der Waals surface area contributed by atoms with Crippen LogP contribution >= 0.6 is 0 Å². The molecule has 1 aromatic carbocycles. The second-order valence-electron chi connectivity index (χ2n) is 2.20. The Morgan fingerprint density at radius 3 is 2.23 bits per heavy atom. The number of benzene rings is 1. The van der Waals surface area contributed by atoms with E-state index in [1.807, 2.05) is 0 Å². The summed E-state index contributed by atoms with van der Waals surface area (Å²) in [6.45, 7) is 0. The second kappa shape index (κ2) is 3.88. The number of nitro groups is 1. The van der Waals surface area contributed by atoms with Gasteiger partial charge >= 0.3 is 7.32 Å². The summed E-state index contributed by atoms with van der Waals surface area (Å²) >= 11 is 0. The Hall–Kier alpha value is -1.60. The van der Waals surface area contributed by atoms with Gasteiger partial charge in [-0.3, -0.25) is 10.1 Å². The van der Waals surface area contributed by atoms with E-state index >= 15 is 0 Å². The Bertz CT molecular complexity index is 298. The first-order valence-electron chi connectivity index (χ1n) is 3.37. The summed E-state index contributed by atoms with van der Waals surface area (Å²) in [4.78, 5) is 9.64. The Balaban J connectivity index is 2.75. The standard InChI is InChI=1S/C6H6BNO5/c9-7(10)13-6-3-1-5(2-4-6)8(11)12/h1-4,9-10H. The Morgan fingerprint density at radius 1 is 1.31 bits per heavy atom. The van der Waals surface area contributed by atoms with Gasteiger partial charge in [0.2, 0.25) is 0 Å². The summed E-state index contributed by atoms with van der Waals surface area (Å²) in [6.07, 6.45) is 0. The van der Waals surface area contributed by atoms with Crippen LogP contribution in [0.2, 0.25) is 0 Å². The zero-order chi connectivity index (χ0) is 9.84. The van der Waals surface area contributed by atoms with E-state index in [-0.39, 0.29) is 11.4 Å². The van der Waals surface area contributed by atoms with Crippen molar-refractivity contribution in [2.24, 2.45) is 0 Å². The maximum atomic E-state index is 10.2. The normalized spacial score (nSPS) is 9.38. The van der Waals surface area contributed by atoms with Gasteiger partial charge in [0.1, 0.15) is 5.75 Å². The molecule has 0 atom stereocenters. The van der Waals surface area contributed by atoms with Crippen LogP contribution in [-0.4, -0.2) is 22.3 Å². The van der Waals surface area contributed by atoms with Gasteiger partial charge < -0.3 is 14.7 Å². The zero-order valence-electron chi connectivity index (χ0n) is 6.45. The highest BCUT2D eigenvalue weighted by atomic mass is 16.6. The van der Waals surface area contributed by atoms with Crippen molar-refractivity contribution >= 4 is 13.0 Å². The van der Waals surface area contributed by atoms with Gasteiger partial charge in [-0.25, -0.2) is 0 Å². The third-order valence-electron chi connectivity index (χ3n) is 1.29. The molecule has 7 heteroatoms. The van der Waals surface area contributed by atoms with Crippen LogP contribution in [0.1, 0.15) is 0 Å². The van der Waals surface area contributed by atoms with Crippen LogP contribution in [0.3, 0.4) is 0 Å². The van der Waals surface area contributed by atoms with Crippen molar-refractivity contribution in [2.75, 3.05) is 0 Å². The molecule has 0 aliphatic heterocycles. The summed E-state index contributed by atoms with van der Waals surface area (Å²) in [5.41, 5.74) is -0.0835. The van der Waals surface area contributed by atoms with Crippen molar-refractivity contribution in [3.8, 4) is 5.75 Å². The van der Waals surface area contributed by atoms with E-state index < -0.39 is 12.2 Å². The molecule has 0 heterocycles. The highest BCUT2D eigenvalue weighted by Crippen LogP contribution is 2.17. The number of rotatable bonds is 3. The molecule has 1 rings (SSSR count). The minimum Gasteiger partial charge on any atom is -0.512 e. The van der Waals surface area contributed by atoms with Crippen molar-refractivity contribution in [3.05, 3.63) is 34.4 Å². The van der Waals surface area contributed by atoms with Crippen LogP contribution in [0.5, 0.6) is 5.75 Å². The molecular formula is C6H6BNO5. The minimum atomic E-state index is -1.92. The molecule has 0 aliphatic carbocycles. The van der Waals surface area contributed by atoms with Gasteiger partial charge in [-0.15, -0.1) is 0 Å². The maximum absolute atomic E-state index is 10.2. The van der Waals surface area contributed by atoms with E-state index in [2.05, 4.69) is 4.65 Å². The van der Waals surface area contributed by atoms with Gasteiger partial charge in [-0.1, -0.05) is 0 Å². The Morgan fingerprint density at radius 2 is 1.85 bits per heavy atom. The average Bonchev–Trinajstić information content (AvgIpc) is 2.04. The van der Waals surface area contributed by atoms with Gasteiger partial charge in [0.05, 0.1) is 4.92 Å².